The molecule has 4 atom stereocenters. The largest absolute Gasteiger partial charge is 0.416 e. The molecule has 0 N–H and O–H groups in total. The van der Waals surface area contributed by atoms with Crippen LogP contribution in [0.4, 0.5) is 26.3 Å². The average molecular weight is 448 g/mol. The maximum absolute atomic E-state index is 13.1. The molecular weight excluding hydrogens is 430 g/mol. The van der Waals surface area contributed by atoms with E-state index in [1.54, 1.807) is 9.47 Å². The highest BCUT2D eigenvalue weighted by Gasteiger charge is 2.47. The van der Waals surface area contributed by atoms with E-state index in [-0.39, 0.29) is 30.1 Å². The van der Waals surface area contributed by atoms with Crippen molar-refractivity contribution in [3.63, 3.8) is 0 Å². The van der Waals surface area contributed by atoms with Gasteiger partial charge in [-0.2, -0.15) is 26.3 Å². The van der Waals surface area contributed by atoms with Crippen LogP contribution in [0.3, 0.4) is 0 Å². The molecule has 2 aliphatic heterocycles. The summed E-state index contributed by atoms with van der Waals surface area (Å²) in [4.78, 5) is 14.3. The van der Waals surface area contributed by atoms with Crippen LogP contribution >= 0.6 is 0 Å². The Kier molecular flexibility index (Phi) is 5.23. The van der Waals surface area contributed by atoms with Gasteiger partial charge in [0.2, 0.25) is 5.91 Å². The first kappa shape index (κ1) is 21.6. The Labute approximate surface area is 172 Å². The highest BCUT2D eigenvalue weighted by Crippen LogP contribution is 2.40. The lowest BCUT2D eigenvalue weighted by Gasteiger charge is -2.22. The molecule has 2 saturated heterocycles. The molecule has 12 heteroatoms. The minimum atomic E-state index is -4.92. The lowest BCUT2D eigenvalue weighted by Crippen LogP contribution is -2.31. The fraction of sp³-hybridized carbons (Fsp3) is 0.526. The zero-order chi connectivity index (χ0) is 22.6. The second-order valence-corrected chi connectivity index (χ2v) is 7.78. The van der Waals surface area contributed by atoms with Crippen molar-refractivity contribution in [1.29, 1.82) is 0 Å². The Morgan fingerprint density at radius 2 is 1.58 bits per heavy atom. The lowest BCUT2D eigenvalue weighted by atomic mass is 10.0. The number of aromatic nitrogens is 3. The number of hydrogen-bond donors (Lipinski definition) is 0. The first-order valence-corrected chi connectivity index (χ1v) is 9.53. The Bertz CT molecular complexity index is 927. The number of amides is 1. The first-order chi connectivity index (χ1) is 14.4. The highest BCUT2D eigenvalue weighted by atomic mass is 19.4. The summed E-state index contributed by atoms with van der Waals surface area (Å²) < 4.78 is 86.0. The second kappa shape index (κ2) is 7.50. The number of halogens is 6. The molecule has 1 aromatic carbocycles. The standard InChI is InChI=1S/C19H18F6N4O2/c1-10(11-2-12(18(20,21)22)4-13(3-11)19(23,24)25)31-15-5-14-6-16(17(30)29(14)7-15)28-8-26-27-9-28/h2-4,8-10,14-16H,5-7H2,1H3/t10-,14-,15-,16?/m1/s1. The molecule has 1 amide bonds. The van der Waals surface area contributed by atoms with E-state index in [4.69, 9.17) is 4.74 Å². The average Bonchev–Trinajstić information content (AvgIpc) is 3.38. The number of fused-ring (bicyclic) bond motifs is 1. The molecule has 0 bridgehead atoms. The molecule has 1 aromatic heterocycles. The molecule has 4 rings (SSSR count). The van der Waals surface area contributed by atoms with Crippen LogP contribution in [0.5, 0.6) is 0 Å². The molecule has 0 spiro atoms. The molecule has 2 fully saturated rings. The lowest BCUT2D eigenvalue weighted by molar-refractivity contribution is -0.143. The van der Waals surface area contributed by atoms with Crippen molar-refractivity contribution in [2.75, 3.05) is 6.54 Å². The van der Waals surface area contributed by atoms with Crippen LogP contribution in [0.2, 0.25) is 0 Å². The Morgan fingerprint density at radius 3 is 2.10 bits per heavy atom. The number of ether oxygens (including phenoxy) is 1. The number of benzene rings is 1. The van der Waals surface area contributed by atoms with Gasteiger partial charge in [0.05, 0.1) is 23.3 Å². The number of alkyl halides is 6. The van der Waals surface area contributed by atoms with Gasteiger partial charge in [0, 0.05) is 12.6 Å². The number of carbonyl (C=O) groups is 1. The van der Waals surface area contributed by atoms with E-state index in [0.717, 1.165) is 0 Å². The quantitative estimate of drug-likeness (QED) is 0.664. The van der Waals surface area contributed by atoms with Crippen molar-refractivity contribution < 1.29 is 35.9 Å². The van der Waals surface area contributed by atoms with Crippen LogP contribution < -0.4 is 0 Å². The Morgan fingerprint density at radius 1 is 1.00 bits per heavy atom. The topological polar surface area (TPSA) is 60.2 Å². The predicted octanol–water partition coefficient (Wildman–Crippen LogP) is 4.01. The SMILES string of the molecule is C[C@@H](O[C@@H]1C[C@@H]2CC(n3cnnc3)C(=O)N2C1)c1cc(C(F)(F)F)cc(C(F)(F)F)c1. The zero-order valence-electron chi connectivity index (χ0n) is 16.2. The summed E-state index contributed by atoms with van der Waals surface area (Å²) in [6.45, 7) is 1.62. The van der Waals surface area contributed by atoms with Crippen LogP contribution in [-0.2, 0) is 21.9 Å². The molecule has 31 heavy (non-hydrogen) atoms. The van der Waals surface area contributed by atoms with Crippen molar-refractivity contribution >= 4 is 5.91 Å². The molecule has 3 heterocycles. The van der Waals surface area contributed by atoms with Gasteiger partial charge in [-0.25, -0.2) is 0 Å². The van der Waals surface area contributed by atoms with Gasteiger partial charge in [0.25, 0.3) is 0 Å². The van der Waals surface area contributed by atoms with Gasteiger partial charge < -0.3 is 14.2 Å². The van der Waals surface area contributed by atoms with Gasteiger partial charge in [0.1, 0.15) is 18.7 Å². The number of rotatable bonds is 4. The third-order valence-electron chi connectivity index (χ3n) is 5.71. The van der Waals surface area contributed by atoms with Crippen LogP contribution in [0, 0.1) is 0 Å². The van der Waals surface area contributed by atoms with Crippen molar-refractivity contribution in [3.05, 3.63) is 47.5 Å². The molecule has 0 saturated carbocycles. The fourth-order valence-electron chi connectivity index (χ4n) is 4.22. The molecule has 1 unspecified atom stereocenters. The summed E-state index contributed by atoms with van der Waals surface area (Å²) in [6.07, 6.45) is -7.50. The predicted molar refractivity (Wildman–Crippen MR) is 93.5 cm³/mol. The zero-order valence-corrected chi connectivity index (χ0v) is 16.2. The van der Waals surface area contributed by atoms with E-state index >= 15 is 0 Å². The van der Waals surface area contributed by atoms with Crippen LogP contribution in [0.15, 0.2) is 30.9 Å². The maximum atomic E-state index is 13.1. The maximum Gasteiger partial charge on any atom is 0.416 e. The molecule has 2 aromatic rings. The molecule has 6 nitrogen and oxygen atoms in total. The van der Waals surface area contributed by atoms with Crippen LogP contribution in [0.25, 0.3) is 0 Å². The van der Waals surface area contributed by atoms with E-state index in [1.807, 2.05) is 0 Å². The van der Waals surface area contributed by atoms with Crippen LogP contribution in [0.1, 0.15) is 48.6 Å². The summed E-state index contributed by atoms with van der Waals surface area (Å²) in [5.41, 5.74) is -2.98. The van der Waals surface area contributed by atoms with Gasteiger partial charge in [0.15, 0.2) is 0 Å². The summed E-state index contributed by atoms with van der Waals surface area (Å²) >= 11 is 0. The number of nitrogens with zero attached hydrogens (tertiary/aromatic N) is 4. The normalized spacial score (nSPS) is 25.2. The molecule has 0 radical (unpaired) electrons. The molecule has 2 aliphatic rings. The van der Waals surface area contributed by atoms with Crippen molar-refractivity contribution in [1.82, 2.24) is 19.7 Å². The van der Waals surface area contributed by atoms with E-state index in [1.165, 1.54) is 19.6 Å². The number of carbonyl (C=O) groups excluding carboxylic acids is 1. The summed E-state index contributed by atoms with van der Waals surface area (Å²) in [5, 5.41) is 7.38. The van der Waals surface area contributed by atoms with Gasteiger partial charge in [-0.1, -0.05) is 0 Å². The first-order valence-electron chi connectivity index (χ1n) is 9.53. The third kappa shape index (κ3) is 4.25. The Balaban J connectivity index is 1.47. The Hall–Kier alpha value is -2.63. The van der Waals surface area contributed by atoms with Crippen molar-refractivity contribution in [2.45, 2.75) is 56.4 Å². The van der Waals surface area contributed by atoms with E-state index in [9.17, 15) is 31.1 Å². The van der Waals surface area contributed by atoms with E-state index in [2.05, 4.69) is 10.2 Å². The van der Waals surface area contributed by atoms with Gasteiger partial charge in [-0.05, 0) is 43.5 Å². The summed E-state index contributed by atoms with van der Waals surface area (Å²) in [5.74, 6) is -0.137. The smallest absolute Gasteiger partial charge is 0.369 e. The minimum absolute atomic E-state index is 0.0889. The van der Waals surface area contributed by atoms with E-state index < -0.39 is 41.7 Å². The van der Waals surface area contributed by atoms with Crippen molar-refractivity contribution in [2.24, 2.45) is 0 Å². The summed E-state index contributed by atoms with van der Waals surface area (Å²) in [6, 6.07) is 0.887. The summed E-state index contributed by atoms with van der Waals surface area (Å²) in [7, 11) is 0. The molecule has 0 aliphatic carbocycles. The minimum Gasteiger partial charge on any atom is -0.369 e. The van der Waals surface area contributed by atoms with E-state index in [0.29, 0.717) is 25.0 Å². The second-order valence-electron chi connectivity index (χ2n) is 7.78. The molecule has 168 valence electrons. The highest BCUT2D eigenvalue weighted by molar-refractivity contribution is 5.83. The van der Waals surface area contributed by atoms with Crippen molar-refractivity contribution in [3.8, 4) is 0 Å². The fourth-order valence-corrected chi connectivity index (χ4v) is 4.22. The molecular formula is C19H18F6N4O2. The third-order valence-corrected chi connectivity index (χ3v) is 5.71. The van der Waals surface area contributed by atoms with Gasteiger partial charge in [-0.3, -0.25) is 4.79 Å². The monoisotopic (exact) mass is 448 g/mol. The number of hydrogen-bond acceptors (Lipinski definition) is 4. The van der Waals surface area contributed by atoms with Crippen LogP contribution in [-0.4, -0.2) is 44.3 Å². The van der Waals surface area contributed by atoms with Gasteiger partial charge in [-0.15, -0.1) is 10.2 Å². The van der Waals surface area contributed by atoms with Gasteiger partial charge >= 0.3 is 12.4 Å².